The van der Waals surface area contributed by atoms with Crippen molar-refractivity contribution in [2.24, 2.45) is 5.73 Å². The Kier molecular flexibility index (Phi) is 5.54. The minimum atomic E-state index is -0.0431. The molecule has 1 aromatic heterocycles. The van der Waals surface area contributed by atoms with E-state index in [4.69, 9.17) is 5.73 Å². The van der Waals surface area contributed by atoms with Gasteiger partial charge < -0.3 is 16.0 Å². The van der Waals surface area contributed by atoms with E-state index in [-0.39, 0.29) is 5.91 Å². The van der Waals surface area contributed by atoms with Gasteiger partial charge in [0.25, 0.3) is 5.91 Å². The summed E-state index contributed by atoms with van der Waals surface area (Å²) in [6.07, 6.45) is 0.945. The van der Waals surface area contributed by atoms with E-state index in [1.165, 1.54) is 11.3 Å². The number of carbonyl (C=O) groups is 1. The summed E-state index contributed by atoms with van der Waals surface area (Å²) >= 11 is 1.37. The van der Waals surface area contributed by atoms with Crippen LogP contribution < -0.4 is 11.1 Å². The Bertz CT molecular complexity index is 376. The van der Waals surface area contributed by atoms with E-state index >= 15 is 0 Å². The van der Waals surface area contributed by atoms with Crippen molar-refractivity contribution in [3.63, 3.8) is 0 Å². The van der Waals surface area contributed by atoms with E-state index in [0.717, 1.165) is 23.7 Å². The van der Waals surface area contributed by atoms with Gasteiger partial charge in [-0.25, -0.2) is 4.98 Å². The number of hydrogen-bond donors (Lipinski definition) is 2. The molecule has 17 heavy (non-hydrogen) atoms. The fourth-order valence-electron chi connectivity index (χ4n) is 1.43. The van der Waals surface area contributed by atoms with Gasteiger partial charge in [-0.3, -0.25) is 4.79 Å². The van der Waals surface area contributed by atoms with Gasteiger partial charge in [0.2, 0.25) is 0 Å². The summed E-state index contributed by atoms with van der Waals surface area (Å²) in [6.45, 7) is 3.88. The molecule has 5 nitrogen and oxygen atoms in total. The van der Waals surface area contributed by atoms with Gasteiger partial charge in [0, 0.05) is 13.1 Å². The molecule has 1 amide bonds. The van der Waals surface area contributed by atoms with Crippen LogP contribution in [0.1, 0.15) is 26.8 Å². The topological polar surface area (TPSA) is 71.2 Å². The lowest BCUT2D eigenvalue weighted by Gasteiger charge is -2.09. The van der Waals surface area contributed by atoms with Crippen LogP contribution in [0.2, 0.25) is 0 Å². The summed E-state index contributed by atoms with van der Waals surface area (Å²) in [5, 5.41) is 3.70. The third kappa shape index (κ3) is 4.41. The Balaban J connectivity index is 2.44. The fraction of sp³-hybridized carbons (Fsp3) is 0.636. The summed E-state index contributed by atoms with van der Waals surface area (Å²) in [7, 11) is 4.03. The molecule has 0 fully saturated rings. The standard InChI is InChI=1S/C11H20N4OS/c1-8-10(17-9(7-12)14-8)11(16)13-5-4-6-15(2)3/h4-7,12H2,1-3H3,(H,13,16). The molecule has 3 N–H and O–H groups in total. The number of nitrogens with zero attached hydrogens (tertiary/aromatic N) is 2. The first-order valence-electron chi connectivity index (χ1n) is 5.64. The van der Waals surface area contributed by atoms with Crippen molar-refractivity contribution in [2.75, 3.05) is 27.2 Å². The molecular formula is C11H20N4OS. The minimum absolute atomic E-state index is 0.0431. The second-order valence-corrected chi connectivity index (χ2v) is 5.22. The van der Waals surface area contributed by atoms with Crippen LogP contribution in [-0.2, 0) is 6.54 Å². The monoisotopic (exact) mass is 256 g/mol. The number of nitrogens with two attached hydrogens (primary N) is 1. The van der Waals surface area contributed by atoms with Crippen LogP contribution >= 0.6 is 11.3 Å². The van der Waals surface area contributed by atoms with Crippen LogP contribution in [0.4, 0.5) is 0 Å². The van der Waals surface area contributed by atoms with Crippen LogP contribution in [0.3, 0.4) is 0 Å². The van der Waals surface area contributed by atoms with Gasteiger partial charge in [-0.05, 0) is 34.0 Å². The van der Waals surface area contributed by atoms with Gasteiger partial charge in [-0.15, -0.1) is 11.3 Å². The largest absolute Gasteiger partial charge is 0.351 e. The van der Waals surface area contributed by atoms with Crippen LogP contribution in [-0.4, -0.2) is 43.0 Å². The number of hydrogen-bond acceptors (Lipinski definition) is 5. The average molecular weight is 256 g/mol. The third-order valence-corrected chi connectivity index (χ3v) is 3.47. The Labute approximate surface area is 106 Å². The molecule has 0 aromatic carbocycles. The second kappa shape index (κ2) is 6.68. The number of aromatic nitrogens is 1. The Morgan fingerprint density at radius 3 is 2.76 bits per heavy atom. The molecule has 6 heteroatoms. The maximum Gasteiger partial charge on any atom is 0.263 e. The third-order valence-electron chi connectivity index (χ3n) is 2.29. The minimum Gasteiger partial charge on any atom is -0.351 e. The van der Waals surface area contributed by atoms with Crippen molar-refractivity contribution >= 4 is 17.2 Å². The van der Waals surface area contributed by atoms with Crippen LogP contribution in [0.25, 0.3) is 0 Å². The first-order valence-corrected chi connectivity index (χ1v) is 6.45. The van der Waals surface area contributed by atoms with Gasteiger partial charge in [0.05, 0.1) is 5.69 Å². The number of amides is 1. The predicted octanol–water partition coefficient (Wildman–Crippen LogP) is 0.592. The normalized spacial score (nSPS) is 10.9. The van der Waals surface area contributed by atoms with E-state index in [9.17, 15) is 4.79 Å². The molecule has 0 radical (unpaired) electrons. The summed E-state index contributed by atoms with van der Waals surface area (Å²) in [5.74, 6) is -0.0431. The van der Waals surface area contributed by atoms with Gasteiger partial charge >= 0.3 is 0 Å². The Morgan fingerprint density at radius 2 is 2.24 bits per heavy atom. The molecule has 0 aliphatic rings. The van der Waals surface area contributed by atoms with Crippen molar-refractivity contribution in [1.29, 1.82) is 0 Å². The number of rotatable bonds is 6. The zero-order valence-corrected chi connectivity index (χ0v) is 11.4. The van der Waals surface area contributed by atoms with Gasteiger partial charge in [0.1, 0.15) is 9.88 Å². The first-order chi connectivity index (χ1) is 8.04. The van der Waals surface area contributed by atoms with E-state index in [1.54, 1.807) is 0 Å². The van der Waals surface area contributed by atoms with E-state index in [1.807, 2.05) is 21.0 Å². The number of nitrogens with one attached hydrogen (secondary N) is 1. The second-order valence-electron chi connectivity index (χ2n) is 4.14. The Morgan fingerprint density at radius 1 is 1.53 bits per heavy atom. The summed E-state index contributed by atoms with van der Waals surface area (Å²) in [5.41, 5.74) is 6.26. The van der Waals surface area contributed by atoms with Crippen molar-refractivity contribution < 1.29 is 4.79 Å². The molecular weight excluding hydrogens is 236 g/mol. The zero-order chi connectivity index (χ0) is 12.8. The molecule has 0 saturated carbocycles. The Hall–Kier alpha value is -0.980. The quantitative estimate of drug-likeness (QED) is 0.731. The van der Waals surface area contributed by atoms with Crippen molar-refractivity contribution in [1.82, 2.24) is 15.2 Å². The van der Waals surface area contributed by atoms with Crippen molar-refractivity contribution in [3.8, 4) is 0 Å². The molecule has 0 aliphatic heterocycles. The van der Waals surface area contributed by atoms with E-state index < -0.39 is 0 Å². The smallest absolute Gasteiger partial charge is 0.263 e. The van der Waals surface area contributed by atoms with Crippen molar-refractivity contribution in [3.05, 3.63) is 15.6 Å². The lowest BCUT2D eigenvalue weighted by Crippen LogP contribution is -2.26. The molecule has 1 heterocycles. The molecule has 96 valence electrons. The highest BCUT2D eigenvalue weighted by molar-refractivity contribution is 7.13. The molecule has 0 saturated heterocycles. The summed E-state index contributed by atoms with van der Waals surface area (Å²) in [6, 6.07) is 0. The van der Waals surface area contributed by atoms with Crippen molar-refractivity contribution in [2.45, 2.75) is 19.9 Å². The maximum absolute atomic E-state index is 11.8. The fourth-order valence-corrected chi connectivity index (χ4v) is 2.29. The first kappa shape index (κ1) is 14.1. The highest BCUT2D eigenvalue weighted by Gasteiger charge is 2.13. The lowest BCUT2D eigenvalue weighted by molar-refractivity contribution is 0.0955. The number of carbonyl (C=O) groups excluding carboxylic acids is 1. The molecule has 0 unspecified atom stereocenters. The highest BCUT2D eigenvalue weighted by atomic mass is 32.1. The van der Waals surface area contributed by atoms with Gasteiger partial charge in [-0.1, -0.05) is 0 Å². The zero-order valence-electron chi connectivity index (χ0n) is 10.6. The van der Waals surface area contributed by atoms with Crippen LogP contribution in [0, 0.1) is 6.92 Å². The highest BCUT2D eigenvalue weighted by Crippen LogP contribution is 2.17. The maximum atomic E-state index is 11.8. The summed E-state index contributed by atoms with van der Waals surface area (Å²) in [4.78, 5) is 18.8. The predicted molar refractivity (Wildman–Crippen MR) is 70.2 cm³/mol. The molecule has 0 aliphatic carbocycles. The van der Waals surface area contributed by atoms with Gasteiger partial charge in [0.15, 0.2) is 0 Å². The van der Waals surface area contributed by atoms with E-state index in [0.29, 0.717) is 18.0 Å². The molecule has 0 spiro atoms. The summed E-state index contributed by atoms with van der Waals surface area (Å²) < 4.78 is 0. The molecule has 0 atom stereocenters. The van der Waals surface area contributed by atoms with Crippen LogP contribution in [0.15, 0.2) is 0 Å². The lowest BCUT2D eigenvalue weighted by atomic mass is 10.3. The number of thiazole rings is 1. The SMILES string of the molecule is Cc1nc(CN)sc1C(=O)NCCCN(C)C. The van der Waals surface area contributed by atoms with Crippen LogP contribution in [0.5, 0.6) is 0 Å². The average Bonchev–Trinajstić information content (AvgIpc) is 2.65. The van der Waals surface area contributed by atoms with Gasteiger partial charge in [-0.2, -0.15) is 0 Å². The van der Waals surface area contributed by atoms with E-state index in [2.05, 4.69) is 15.2 Å². The molecule has 1 rings (SSSR count). The number of aryl methyl sites for hydroxylation is 1. The molecule has 0 bridgehead atoms. The molecule has 1 aromatic rings.